The summed E-state index contributed by atoms with van der Waals surface area (Å²) in [6.07, 6.45) is 0. The van der Waals surface area contributed by atoms with Crippen LogP contribution < -0.4 is 11.2 Å². The number of hydrazine groups is 1. The largest absolute Gasteiger partial charge is 0.322 e. The van der Waals surface area contributed by atoms with E-state index >= 15 is 0 Å². The minimum atomic E-state index is -0.171. The first-order valence-corrected chi connectivity index (χ1v) is 2.33. The molecule has 0 rings (SSSR count). The maximum Gasteiger partial charge on any atom is 0.247 e. The number of amides is 1. The Bertz CT molecular complexity index is 85.9. The lowest BCUT2D eigenvalue weighted by molar-refractivity contribution is -0.123. The molecule has 5 heteroatoms. The molecule has 0 aromatic heterocycles. The molecule has 0 atom stereocenters. The van der Waals surface area contributed by atoms with Crippen molar-refractivity contribution in [3.63, 3.8) is 0 Å². The third-order valence-electron chi connectivity index (χ3n) is 0.534. The number of nitrogens with two attached hydrogens (primary N) is 1. The van der Waals surface area contributed by atoms with E-state index in [2.05, 4.69) is 5.43 Å². The maximum absolute atomic E-state index is 10.3. The molecule has 0 saturated heterocycles. The van der Waals surface area contributed by atoms with E-state index in [-0.39, 0.29) is 24.9 Å². The number of carbonyl (C=O) groups is 1. The van der Waals surface area contributed by atoms with Gasteiger partial charge in [-0.05, 0) is 0 Å². The van der Waals surface area contributed by atoms with Crippen LogP contribution in [0.5, 0.6) is 0 Å². The van der Waals surface area contributed by atoms with Crippen molar-refractivity contribution in [3.05, 3.63) is 0 Å². The highest BCUT2D eigenvalue weighted by molar-refractivity contribution is 5.85. The standard InChI is InChI=1S/C4H11N3O.ClH/c1-7(2)6-4(8)3-5;/h3,5H2,1-2H3,(H,6,8);1H. The van der Waals surface area contributed by atoms with E-state index in [4.69, 9.17) is 5.73 Å². The van der Waals surface area contributed by atoms with E-state index in [1.807, 2.05) is 0 Å². The van der Waals surface area contributed by atoms with Gasteiger partial charge in [0.25, 0.3) is 0 Å². The molecule has 0 aliphatic carbocycles. The van der Waals surface area contributed by atoms with Crippen molar-refractivity contribution in [1.82, 2.24) is 10.4 Å². The van der Waals surface area contributed by atoms with Gasteiger partial charge in [-0.15, -0.1) is 12.4 Å². The van der Waals surface area contributed by atoms with Gasteiger partial charge in [-0.1, -0.05) is 0 Å². The fourth-order valence-corrected chi connectivity index (χ4v) is 0.295. The summed E-state index contributed by atoms with van der Waals surface area (Å²) in [7, 11) is 3.46. The normalized spacial score (nSPS) is 8.44. The Balaban J connectivity index is 0. The predicted octanol–water partition coefficient (Wildman–Crippen LogP) is -1.04. The quantitative estimate of drug-likeness (QED) is 0.499. The topological polar surface area (TPSA) is 58.4 Å². The van der Waals surface area contributed by atoms with Crippen molar-refractivity contribution in [2.24, 2.45) is 5.73 Å². The smallest absolute Gasteiger partial charge is 0.247 e. The first kappa shape index (κ1) is 11.5. The summed E-state index contributed by atoms with van der Waals surface area (Å²) in [5.74, 6) is -0.171. The molecular weight excluding hydrogens is 142 g/mol. The van der Waals surface area contributed by atoms with Crippen LogP contribution in [0.1, 0.15) is 0 Å². The number of nitrogens with one attached hydrogen (secondary N) is 1. The third kappa shape index (κ3) is 7.68. The number of rotatable bonds is 2. The Morgan fingerprint density at radius 2 is 2.11 bits per heavy atom. The summed E-state index contributed by atoms with van der Waals surface area (Å²) >= 11 is 0. The summed E-state index contributed by atoms with van der Waals surface area (Å²) in [5, 5.41) is 1.55. The van der Waals surface area contributed by atoms with Crippen LogP contribution in [0.4, 0.5) is 0 Å². The van der Waals surface area contributed by atoms with Gasteiger partial charge < -0.3 is 5.73 Å². The number of nitrogens with zero attached hydrogens (tertiary/aromatic N) is 1. The Hall–Kier alpha value is -0.320. The van der Waals surface area contributed by atoms with Crippen LogP contribution in [-0.4, -0.2) is 31.6 Å². The molecule has 9 heavy (non-hydrogen) atoms. The van der Waals surface area contributed by atoms with Crippen molar-refractivity contribution >= 4 is 18.3 Å². The zero-order valence-electron chi connectivity index (χ0n) is 5.55. The monoisotopic (exact) mass is 153 g/mol. The average molecular weight is 154 g/mol. The summed E-state index contributed by atoms with van der Waals surface area (Å²) in [6, 6.07) is 0. The van der Waals surface area contributed by atoms with E-state index in [0.29, 0.717) is 0 Å². The van der Waals surface area contributed by atoms with Gasteiger partial charge in [0.2, 0.25) is 5.91 Å². The second-order valence-electron chi connectivity index (χ2n) is 1.63. The number of carbonyl (C=O) groups excluding carboxylic acids is 1. The zero-order valence-corrected chi connectivity index (χ0v) is 6.36. The van der Waals surface area contributed by atoms with E-state index in [0.717, 1.165) is 0 Å². The van der Waals surface area contributed by atoms with Crippen LogP contribution in [0.25, 0.3) is 0 Å². The number of hydrogen-bond donors (Lipinski definition) is 2. The van der Waals surface area contributed by atoms with Crippen LogP contribution >= 0.6 is 12.4 Å². The molecule has 0 radical (unpaired) electrons. The van der Waals surface area contributed by atoms with Crippen molar-refractivity contribution in [2.75, 3.05) is 20.6 Å². The first-order valence-electron chi connectivity index (χ1n) is 2.33. The molecule has 4 nitrogen and oxygen atoms in total. The van der Waals surface area contributed by atoms with Crippen LogP contribution in [0.15, 0.2) is 0 Å². The van der Waals surface area contributed by atoms with Gasteiger partial charge in [-0.2, -0.15) is 0 Å². The lowest BCUT2D eigenvalue weighted by Crippen LogP contribution is -2.39. The molecule has 0 fully saturated rings. The van der Waals surface area contributed by atoms with E-state index < -0.39 is 0 Å². The molecule has 0 spiro atoms. The highest BCUT2D eigenvalue weighted by Crippen LogP contribution is 1.61. The Morgan fingerprint density at radius 1 is 1.67 bits per heavy atom. The number of hydrogen-bond acceptors (Lipinski definition) is 3. The van der Waals surface area contributed by atoms with Gasteiger partial charge >= 0.3 is 0 Å². The molecule has 0 saturated carbocycles. The summed E-state index contributed by atoms with van der Waals surface area (Å²) in [4.78, 5) is 10.3. The summed E-state index contributed by atoms with van der Waals surface area (Å²) < 4.78 is 0. The molecular formula is C4H12ClN3O. The molecule has 0 aromatic carbocycles. The lowest BCUT2D eigenvalue weighted by atomic mass is 10.6. The average Bonchev–Trinajstić information content (AvgIpc) is 1.65. The van der Waals surface area contributed by atoms with Gasteiger partial charge in [0.15, 0.2) is 0 Å². The molecule has 0 unspecified atom stereocenters. The van der Waals surface area contributed by atoms with Gasteiger partial charge in [0.1, 0.15) is 0 Å². The van der Waals surface area contributed by atoms with E-state index in [9.17, 15) is 4.79 Å². The Morgan fingerprint density at radius 3 is 2.22 bits per heavy atom. The molecule has 0 aliphatic rings. The first-order chi connectivity index (χ1) is 3.66. The summed E-state index contributed by atoms with van der Waals surface area (Å²) in [6.45, 7) is 0.0399. The second-order valence-corrected chi connectivity index (χ2v) is 1.63. The molecule has 0 aliphatic heterocycles. The van der Waals surface area contributed by atoms with Gasteiger partial charge in [-0.3, -0.25) is 10.2 Å². The fourth-order valence-electron chi connectivity index (χ4n) is 0.295. The lowest BCUT2D eigenvalue weighted by Gasteiger charge is -2.09. The van der Waals surface area contributed by atoms with Gasteiger partial charge in [-0.25, -0.2) is 5.01 Å². The highest BCUT2D eigenvalue weighted by atomic mass is 35.5. The van der Waals surface area contributed by atoms with Crippen molar-refractivity contribution < 1.29 is 4.79 Å². The fraction of sp³-hybridized carbons (Fsp3) is 0.750. The molecule has 0 bridgehead atoms. The Labute approximate surface area is 60.8 Å². The predicted molar refractivity (Wildman–Crippen MR) is 38.1 cm³/mol. The highest BCUT2D eigenvalue weighted by Gasteiger charge is 1.94. The van der Waals surface area contributed by atoms with Gasteiger partial charge in [0.05, 0.1) is 6.54 Å². The molecule has 0 heterocycles. The third-order valence-corrected chi connectivity index (χ3v) is 0.534. The van der Waals surface area contributed by atoms with Crippen molar-refractivity contribution in [1.29, 1.82) is 0 Å². The van der Waals surface area contributed by atoms with E-state index in [1.54, 1.807) is 19.1 Å². The van der Waals surface area contributed by atoms with Crippen LogP contribution in [0.3, 0.4) is 0 Å². The Kier molecular flexibility index (Phi) is 7.41. The van der Waals surface area contributed by atoms with Gasteiger partial charge in [0, 0.05) is 14.1 Å². The minimum Gasteiger partial charge on any atom is -0.322 e. The maximum atomic E-state index is 10.3. The molecule has 1 amide bonds. The molecule has 3 N–H and O–H groups in total. The zero-order chi connectivity index (χ0) is 6.57. The van der Waals surface area contributed by atoms with Crippen LogP contribution in [0, 0.1) is 0 Å². The van der Waals surface area contributed by atoms with Crippen LogP contribution in [-0.2, 0) is 4.79 Å². The SMILES string of the molecule is CN(C)NC(=O)CN.Cl. The van der Waals surface area contributed by atoms with Crippen LogP contribution in [0.2, 0.25) is 0 Å². The second kappa shape index (κ2) is 5.81. The minimum absolute atomic E-state index is 0. The van der Waals surface area contributed by atoms with Crippen molar-refractivity contribution in [3.8, 4) is 0 Å². The molecule has 56 valence electrons. The molecule has 0 aromatic rings. The van der Waals surface area contributed by atoms with E-state index in [1.165, 1.54) is 0 Å². The summed E-state index contributed by atoms with van der Waals surface area (Å²) in [5.41, 5.74) is 7.44. The van der Waals surface area contributed by atoms with Crippen molar-refractivity contribution in [2.45, 2.75) is 0 Å². The number of halogens is 1.